The van der Waals surface area contributed by atoms with Crippen molar-refractivity contribution in [3.05, 3.63) is 29.8 Å². The molecule has 0 N–H and O–H groups in total. The van der Waals surface area contributed by atoms with E-state index in [0.29, 0.717) is 5.75 Å². The van der Waals surface area contributed by atoms with E-state index in [0.717, 1.165) is 5.56 Å². The van der Waals surface area contributed by atoms with Crippen LogP contribution in [0.4, 0.5) is 0 Å². The van der Waals surface area contributed by atoms with Crippen molar-refractivity contribution in [1.82, 2.24) is 0 Å². The number of halogens is 1. The quantitative estimate of drug-likeness (QED) is 0.353. The van der Waals surface area contributed by atoms with Crippen LogP contribution < -0.4 is 4.74 Å². The van der Waals surface area contributed by atoms with Gasteiger partial charge in [0, 0.05) is 0 Å². The Kier molecular flexibility index (Phi) is 3.70. The highest BCUT2D eigenvalue weighted by Crippen LogP contribution is 2.24. The van der Waals surface area contributed by atoms with E-state index in [4.69, 9.17) is 16.3 Å². The standard InChI is InChI=1S/C12H13ClO3/c1-8-6-4-5-7-9(8)16-11(15)12(2,3)10(13)14/h4-7H,1-3H3. The van der Waals surface area contributed by atoms with Crippen LogP contribution >= 0.6 is 11.6 Å². The summed E-state index contributed by atoms with van der Waals surface area (Å²) in [4.78, 5) is 22.7. The first-order valence-corrected chi connectivity index (χ1v) is 5.21. The van der Waals surface area contributed by atoms with Crippen LogP contribution in [-0.2, 0) is 9.59 Å². The molecule has 86 valence electrons. The second kappa shape index (κ2) is 4.66. The minimum Gasteiger partial charge on any atom is -0.425 e. The number of carbonyl (C=O) groups is 2. The molecule has 0 bridgehead atoms. The van der Waals surface area contributed by atoms with Crippen molar-refractivity contribution >= 4 is 22.8 Å². The minimum absolute atomic E-state index is 0.443. The number of carbonyl (C=O) groups excluding carboxylic acids is 2. The average molecular weight is 241 g/mol. The summed E-state index contributed by atoms with van der Waals surface area (Å²) in [5.74, 6) is -0.208. The van der Waals surface area contributed by atoms with Crippen LogP contribution in [0.25, 0.3) is 0 Å². The van der Waals surface area contributed by atoms with Gasteiger partial charge in [0.05, 0.1) is 0 Å². The second-order valence-electron chi connectivity index (χ2n) is 4.05. The summed E-state index contributed by atoms with van der Waals surface area (Å²) in [7, 11) is 0. The number of benzene rings is 1. The molecule has 0 fully saturated rings. The van der Waals surface area contributed by atoms with Gasteiger partial charge in [0.25, 0.3) is 0 Å². The van der Waals surface area contributed by atoms with Crippen molar-refractivity contribution in [2.75, 3.05) is 0 Å². The van der Waals surface area contributed by atoms with Gasteiger partial charge in [0.15, 0.2) is 0 Å². The maximum Gasteiger partial charge on any atom is 0.325 e. The summed E-state index contributed by atoms with van der Waals surface area (Å²) in [5.41, 5.74) is -0.502. The number of hydrogen-bond donors (Lipinski definition) is 0. The Labute approximate surface area is 99.4 Å². The molecule has 4 heteroatoms. The molecule has 0 amide bonds. The van der Waals surface area contributed by atoms with Gasteiger partial charge >= 0.3 is 5.97 Å². The van der Waals surface area contributed by atoms with Crippen LogP contribution in [0.3, 0.4) is 0 Å². The largest absolute Gasteiger partial charge is 0.425 e. The molecule has 0 spiro atoms. The van der Waals surface area contributed by atoms with E-state index < -0.39 is 16.6 Å². The number of para-hydroxylation sites is 1. The van der Waals surface area contributed by atoms with E-state index >= 15 is 0 Å². The first-order chi connectivity index (χ1) is 7.35. The number of hydrogen-bond acceptors (Lipinski definition) is 3. The highest BCUT2D eigenvalue weighted by molar-refractivity contribution is 6.66. The third kappa shape index (κ3) is 2.61. The van der Waals surface area contributed by atoms with Gasteiger partial charge in [0.2, 0.25) is 5.24 Å². The zero-order valence-electron chi connectivity index (χ0n) is 9.41. The molecular formula is C12H13ClO3. The fourth-order valence-corrected chi connectivity index (χ4v) is 1.06. The smallest absolute Gasteiger partial charge is 0.325 e. The number of esters is 1. The van der Waals surface area contributed by atoms with Crippen LogP contribution in [0.5, 0.6) is 5.75 Å². The molecule has 0 aromatic heterocycles. The van der Waals surface area contributed by atoms with Crippen LogP contribution in [0, 0.1) is 12.3 Å². The molecule has 1 rings (SSSR count). The van der Waals surface area contributed by atoms with Gasteiger partial charge in [-0.1, -0.05) is 18.2 Å². The average Bonchev–Trinajstić information content (AvgIpc) is 2.21. The van der Waals surface area contributed by atoms with Gasteiger partial charge < -0.3 is 4.74 Å². The molecule has 0 aliphatic carbocycles. The van der Waals surface area contributed by atoms with E-state index in [2.05, 4.69) is 0 Å². The Balaban J connectivity index is 2.88. The minimum atomic E-state index is -1.33. The lowest BCUT2D eigenvalue weighted by Crippen LogP contribution is -2.34. The zero-order chi connectivity index (χ0) is 12.3. The van der Waals surface area contributed by atoms with Crippen molar-refractivity contribution in [1.29, 1.82) is 0 Å². The van der Waals surface area contributed by atoms with E-state index in [1.807, 2.05) is 19.1 Å². The highest BCUT2D eigenvalue weighted by atomic mass is 35.5. The molecule has 3 nitrogen and oxygen atoms in total. The van der Waals surface area contributed by atoms with Gasteiger partial charge in [-0.25, -0.2) is 0 Å². The van der Waals surface area contributed by atoms with Gasteiger partial charge in [-0.05, 0) is 44.0 Å². The van der Waals surface area contributed by atoms with Crippen LogP contribution in [0.15, 0.2) is 24.3 Å². The van der Waals surface area contributed by atoms with Crippen molar-refractivity contribution in [2.45, 2.75) is 20.8 Å². The van der Waals surface area contributed by atoms with Gasteiger partial charge in [0.1, 0.15) is 11.2 Å². The summed E-state index contributed by atoms with van der Waals surface area (Å²) in [6.07, 6.45) is 0. The maximum atomic E-state index is 11.7. The molecule has 0 aliphatic heterocycles. The topological polar surface area (TPSA) is 43.4 Å². The Morgan fingerprint density at radius 3 is 2.31 bits per heavy atom. The first-order valence-electron chi connectivity index (χ1n) is 4.83. The fraction of sp³-hybridized carbons (Fsp3) is 0.333. The van der Waals surface area contributed by atoms with Crippen molar-refractivity contribution < 1.29 is 14.3 Å². The normalized spacial score (nSPS) is 11.0. The predicted octanol–water partition coefficient (Wildman–Crippen LogP) is 2.69. The molecule has 16 heavy (non-hydrogen) atoms. The maximum absolute atomic E-state index is 11.7. The van der Waals surface area contributed by atoms with Crippen molar-refractivity contribution in [3.8, 4) is 5.75 Å². The monoisotopic (exact) mass is 240 g/mol. The lowest BCUT2D eigenvalue weighted by molar-refractivity contribution is -0.147. The SMILES string of the molecule is Cc1ccccc1OC(=O)C(C)(C)C(=O)Cl. The second-order valence-corrected chi connectivity index (χ2v) is 4.40. The highest BCUT2D eigenvalue weighted by Gasteiger charge is 2.37. The lowest BCUT2D eigenvalue weighted by Gasteiger charge is -2.18. The summed E-state index contributed by atoms with van der Waals surface area (Å²) in [6.45, 7) is 4.68. The molecule has 0 atom stereocenters. The molecule has 0 unspecified atom stereocenters. The van der Waals surface area contributed by atoms with Gasteiger partial charge in [-0.15, -0.1) is 0 Å². The van der Waals surface area contributed by atoms with Crippen LogP contribution in [-0.4, -0.2) is 11.2 Å². The number of aryl methyl sites for hydroxylation is 1. The molecule has 1 aromatic rings. The molecule has 0 heterocycles. The van der Waals surface area contributed by atoms with Gasteiger partial charge in [-0.2, -0.15) is 0 Å². The lowest BCUT2D eigenvalue weighted by atomic mass is 9.96. The fourth-order valence-electron chi connectivity index (χ4n) is 0.979. The zero-order valence-corrected chi connectivity index (χ0v) is 10.2. The van der Waals surface area contributed by atoms with Crippen LogP contribution in [0.2, 0.25) is 0 Å². The first kappa shape index (κ1) is 12.7. The Hall–Kier alpha value is -1.35. The van der Waals surface area contributed by atoms with Crippen LogP contribution in [0.1, 0.15) is 19.4 Å². The third-order valence-corrected chi connectivity index (χ3v) is 2.77. The molecular weight excluding hydrogens is 228 g/mol. The predicted molar refractivity (Wildman–Crippen MR) is 61.5 cm³/mol. The Bertz CT molecular complexity index is 424. The molecule has 0 saturated carbocycles. The van der Waals surface area contributed by atoms with E-state index in [9.17, 15) is 9.59 Å². The number of ether oxygens (including phenoxy) is 1. The summed E-state index contributed by atoms with van der Waals surface area (Å²) in [5, 5.41) is -0.730. The third-order valence-electron chi connectivity index (χ3n) is 2.30. The van der Waals surface area contributed by atoms with Gasteiger partial charge in [-0.3, -0.25) is 9.59 Å². The molecule has 1 aromatic carbocycles. The number of rotatable bonds is 3. The molecule has 0 aliphatic rings. The summed E-state index contributed by atoms with van der Waals surface area (Å²) < 4.78 is 5.13. The molecule has 0 saturated heterocycles. The van der Waals surface area contributed by atoms with Crippen molar-refractivity contribution in [3.63, 3.8) is 0 Å². The Morgan fingerprint density at radius 1 is 1.25 bits per heavy atom. The van der Waals surface area contributed by atoms with E-state index in [1.165, 1.54) is 13.8 Å². The summed E-state index contributed by atoms with van der Waals surface area (Å²) in [6, 6.07) is 7.08. The van der Waals surface area contributed by atoms with E-state index in [1.54, 1.807) is 12.1 Å². The van der Waals surface area contributed by atoms with E-state index in [-0.39, 0.29) is 0 Å². The molecule has 0 radical (unpaired) electrons. The summed E-state index contributed by atoms with van der Waals surface area (Å²) >= 11 is 5.33. The van der Waals surface area contributed by atoms with Crippen molar-refractivity contribution in [2.24, 2.45) is 5.41 Å². The Morgan fingerprint density at radius 2 is 1.81 bits per heavy atom.